The SMILES string of the molecule is C[C@@H]1Cc2ccccc2N1C(=O)c1cccc(S(=O)(=O)N(C)c2ccccc2)c1. The van der Waals surface area contributed by atoms with E-state index < -0.39 is 10.0 Å². The molecule has 0 saturated carbocycles. The molecule has 3 aromatic carbocycles. The number of amides is 1. The van der Waals surface area contributed by atoms with E-state index in [9.17, 15) is 13.2 Å². The zero-order valence-electron chi connectivity index (χ0n) is 16.3. The number of benzene rings is 3. The van der Waals surface area contributed by atoms with Gasteiger partial charge in [-0.25, -0.2) is 8.42 Å². The van der Waals surface area contributed by atoms with Crippen molar-refractivity contribution in [1.82, 2.24) is 0 Å². The third-order valence-corrected chi connectivity index (χ3v) is 7.07. The number of anilines is 2. The van der Waals surface area contributed by atoms with E-state index in [1.807, 2.05) is 37.3 Å². The number of carbonyl (C=O) groups is 1. The van der Waals surface area contributed by atoms with Gasteiger partial charge in [0.15, 0.2) is 0 Å². The quantitative estimate of drug-likeness (QED) is 0.655. The molecule has 1 aliphatic heterocycles. The molecule has 3 aromatic rings. The summed E-state index contributed by atoms with van der Waals surface area (Å²) in [6, 6.07) is 23.0. The van der Waals surface area contributed by atoms with Crippen molar-refractivity contribution in [2.75, 3.05) is 16.3 Å². The second-order valence-electron chi connectivity index (χ2n) is 7.19. The highest BCUT2D eigenvalue weighted by Crippen LogP contribution is 2.33. The maximum absolute atomic E-state index is 13.3. The van der Waals surface area contributed by atoms with Crippen molar-refractivity contribution in [2.24, 2.45) is 0 Å². The fourth-order valence-electron chi connectivity index (χ4n) is 3.74. The maximum atomic E-state index is 13.3. The Morgan fingerprint density at radius 2 is 1.66 bits per heavy atom. The van der Waals surface area contributed by atoms with E-state index in [4.69, 9.17) is 0 Å². The zero-order chi connectivity index (χ0) is 20.6. The number of hydrogen-bond acceptors (Lipinski definition) is 3. The Bertz CT molecular complexity index is 1160. The molecule has 0 spiro atoms. The molecule has 0 aromatic heterocycles. The van der Waals surface area contributed by atoms with Crippen LogP contribution < -0.4 is 9.21 Å². The van der Waals surface area contributed by atoms with Gasteiger partial charge in [-0.15, -0.1) is 0 Å². The molecular formula is C23H22N2O3S. The second kappa shape index (κ2) is 7.37. The van der Waals surface area contributed by atoms with Crippen LogP contribution in [0.5, 0.6) is 0 Å². The van der Waals surface area contributed by atoms with Crippen LogP contribution in [0.4, 0.5) is 11.4 Å². The van der Waals surface area contributed by atoms with Crippen molar-refractivity contribution in [3.05, 3.63) is 90.0 Å². The van der Waals surface area contributed by atoms with Crippen LogP contribution in [0.15, 0.2) is 83.8 Å². The van der Waals surface area contributed by atoms with E-state index in [-0.39, 0.29) is 16.8 Å². The Hall–Kier alpha value is -3.12. The fraction of sp³-hybridized carbons (Fsp3) is 0.174. The summed E-state index contributed by atoms with van der Waals surface area (Å²) in [7, 11) is -2.27. The Kier molecular flexibility index (Phi) is 4.88. The number of nitrogens with zero attached hydrogens (tertiary/aromatic N) is 2. The lowest BCUT2D eigenvalue weighted by molar-refractivity contribution is 0.0981. The van der Waals surface area contributed by atoms with Crippen molar-refractivity contribution in [1.29, 1.82) is 0 Å². The molecule has 1 amide bonds. The van der Waals surface area contributed by atoms with Gasteiger partial charge in [0.05, 0.1) is 10.6 Å². The molecule has 0 saturated heterocycles. The molecule has 5 nitrogen and oxygen atoms in total. The van der Waals surface area contributed by atoms with Crippen LogP contribution in [0.3, 0.4) is 0 Å². The minimum absolute atomic E-state index is 0.0205. The highest BCUT2D eigenvalue weighted by atomic mass is 32.2. The second-order valence-corrected chi connectivity index (χ2v) is 9.16. The normalized spacial score (nSPS) is 15.8. The smallest absolute Gasteiger partial charge is 0.264 e. The Morgan fingerprint density at radius 3 is 2.41 bits per heavy atom. The van der Waals surface area contributed by atoms with Crippen molar-refractivity contribution >= 4 is 27.3 Å². The van der Waals surface area contributed by atoms with Crippen molar-refractivity contribution in [2.45, 2.75) is 24.3 Å². The first-order chi connectivity index (χ1) is 13.9. The number of sulfonamides is 1. The van der Waals surface area contributed by atoms with Crippen LogP contribution in [-0.4, -0.2) is 27.4 Å². The van der Waals surface area contributed by atoms with Crippen molar-refractivity contribution in [3.8, 4) is 0 Å². The predicted octanol–water partition coefficient (Wildman–Crippen LogP) is 4.10. The summed E-state index contributed by atoms with van der Waals surface area (Å²) >= 11 is 0. The van der Waals surface area contributed by atoms with E-state index in [1.54, 1.807) is 41.3 Å². The third-order valence-electron chi connectivity index (χ3n) is 5.29. The fourth-order valence-corrected chi connectivity index (χ4v) is 4.98. The lowest BCUT2D eigenvalue weighted by Gasteiger charge is -2.23. The topological polar surface area (TPSA) is 57.7 Å². The van der Waals surface area contributed by atoms with Gasteiger partial charge in [-0.05, 0) is 55.3 Å². The molecule has 0 radical (unpaired) electrons. The lowest BCUT2D eigenvalue weighted by Crippen LogP contribution is -2.36. The molecule has 29 heavy (non-hydrogen) atoms. The Labute approximate surface area is 171 Å². The Balaban J connectivity index is 1.68. The number of para-hydroxylation sites is 2. The van der Waals surface area contributed by atoms with Gasteiger partial charge < -0.3 is 4.90 Å². The predicted molar refractivity (Wildman–Crippen MR) is 115 cm³/mol. The van der Waals surface area contributed by atoms with Crippen molar-refractivity contribution in [3.63, 3.8) is 0 Å². The Morgan fingerprint density at radius 1 is 0.966 bits per heavy atom. The van der Waals surface area contributed by atoms with E-state index in [1.165, 1.54) is 23.5 Å². The van der Waals surface area contributed by atoms with Gasteiger partial charge in [-0.1, -0.05) is 42.5 Å². The molecular weight excluding hydrogens is 384 g/mol. The van der Waals surface area contributed by atoms with Crippen LogP contribution in [-0.2, 0) is 16.4 Å². The van der Waals surface area contributed by atoms with Gasteiger partial charge in [0.2, 0.25) is 0 Å². The highest BCUT2D eigenvalue weighted by molar-refractivity contribution is 7.92. The van der Waals surface area contributed by atoms with Crippen LogP contribution in [0, 0.1) is 0 Å². The standard InChI is InChI=1S/C23H22N2O3S/c1-17-15-18-9-6-7-14-22(18)25(17)23(26)19-10-8-13-21(16-19)29(27,28)24(2)20-11-4-3-5-12-20/h3-14,16-17H,15H2,1-2H3/t17-/m1/s1. The summed E-state index contributed by atoms with van der Waals surface area (Å²) in [5, 5.41) is 0. The average molecular weight is 407 g/mol. The van der Waals surface area contributed by atoms with E-state index in [0.717, 1.165) is 17.7 Å². The minimum Gasteiger partial charge on any atom is -0.305 e. The molecule has 4 rings (SSSR count). The van der Waals surface area contributed by atoms with E-state index >= 15 is 0 Å². The van der Waals surface area contributed by atoms with Crippen LogP contribution in [0.1, 0.15) is 22.8 Å². The molecule has 6 heteroatoms. The molecule has 0 unspecified atom stereocenters. The third kappa shape index (κ3) is 3.40. The van der Waals surface area contributed by atoms with Gasteiger partial charge in [0.25, 0.3) is 15.9 Å². The number of carbonyl (C=O) groups excluding carboxylic acids is 1. The summed E-state index contributed by atoms with van der Waals surface area (Å²) in [4.78, 5) is 15.1. The summed E-state index contributed by atoms with van der Waals surface area (Å²) in [5.74, 6) is -0.193. The molecule has 1 atom stereocenters. The van der Waals surface area contributed by atoms with Gasteiger partial charge in [0.1, 0.15) is 0 Å². The van der Waals surface area contributed by atoms with E-state index in [0.29, 0.717) is 11.3 Å². The van der Waals surface area contributed by atoms with Gasteiger partial charge in [-0.3, -0.25) is 9.10 Å². The highest BCUT2D eigenvalue weighted by Gasteiger charge is 2.32. The number of rotatable bonds is 4. The lowest BCUT2D eigenvalue weighted by atomic mass is 10.1. The van der Waals surface area contributed by atoms with Crippen LogP contribution in [0.25, 0.3) is 0 Å². The van der Waals surface area contributed by atoms with E-state index in [2.05, 4.69) is 0 Å². The zero-order valence-corrected chi connectivity index (χ0v) is 17.1. The number of fused-ring (bicyclic) bond motifs is 1. The molecule has 0 fully saturated rings. The molecule has 1 heterocycles. The summed E-state index contributed by atoms with van der Waals surface area (Å²) in [6.45, 7) is 2.00. The first-order valence-corrected chi connectivity index (χ1v) is 10.9. The van der Waals surface area contributed by atoms with Gasteiger partial charge in [-0.2, -0.15) is 0 Å². The number of hydrogen-bond donors (Lipinski definition) is 0. The molecule has 0 N–H and O–H groups in total. The first-order valence-electron chi connectivity index (χ1n) is 9.45. The maximum Gasteiger partial charge on any atom is 0.264 e. The molecule has 148 valence electrons. The summed E-state index contributed by atoms with van der Waals surface area (Å²) < 4.78 is 27.4. The molecule has 0 bridgehead atoms. The monoisotopic (exact) mass is 406 g/mol. The molecule has 0 aliphatic carbocycles. The van der Waals surface area contributed by atoms with Gasteiger partial charge in [0, 0.05) is 24.3 Å². The van der Waals surface area contributed by atoms with Crippen LogP contribution >= 0.6 is 0 Å². The molecule has 1 aliphatic rings. The van der Waals surface area contributed by atoms with Crippen molar-refractivity contribution < 1.29 is 13.2 Å². The van der Waals surface area contributed by atoms with Crippen LogP contribution in [0.2, 0.25) is 0 Å². The summed E-state index contributed by atoms with van der Waals surface area (Å²) in [6.07, 6.45) is 0.788. The first kappa shape index (κ1) is 19.2. The summed E-state index contributed by atoms with van der Waals surface area (Å²) in [5.41, 5.74) is 2.93. The average Bonchev–Trinajstić information content (AvgIpc) is 3.09. The largest absolute Gasteiger partial charge is 0.305 e. The van der Waals surface area contributed by atoms with Gasteiger partial charge >= 0.3 is 0 Å². The minimum atomic E-state index is -3.78.